The summed E-state index contributed by atoms with van der Waals surface area (Å²) in [4.78, 5) is 34.4. The zero-order valence-corrected chi connectivity index (χ0v) is 20.8. The van der Waals surface area contributed by atoms with Gasteiger partial charge in [-0.05, 0) is 50.8 Å². The van der Waals surface area contributed by atoms with Gasteiger partial charge in [0.15, 0.2) is 5.65 Å². The summed E-state index contributed by atoms with van der Waals surface area (Å²) in [6.07, 6.45) is 5.66. The average Bonchev–Trinajstić information content (AvgIpc) is 3.44. The molecule has 0 radical (unpaired) electrons. The fourth-order valence-corrected chi connectivity index (χ4v) is 5.28. The summed E-state index contributed by atoms with van der Waals surface area (Å²) in [5.74, 6) is 0.523. The fourth-order valence-electron chi connectivity index (χ4n) is 5.11. The van der Waals surface area contributed by atoms with Gasteiger partial charge in [0, 0.05) is 55.4 Å². The molecule has 3 aromatic rings. The van der Waals surface area contributed by atoms with Crippen LogP contribution in [-0.4, -0.2) is 57.0 Å². The summed E-state index contributed by atoms with van der Waals surface area (Å²) >= 11 is 6.22. The van der Waals surface area contributed by atoms with E-state index in [9.17, 15) is 9.59 Å². The van der Waals surface area contributed by atoms with Gasteiger partial charge in [0.1, 0.15) is 5.82 Å². The SMILES string of the molecule is CC(=O)Nc1ccc(Cl)cc1C(=O)N1CCCC[C@H]1c1cc2nc(N3CC[C@H](N)C3)c(C)cn2n1. The van der Waals surface area contributed by atoms with Gasteiger partial charge >= 0.3 is 0 Å². The Morgan fingerprint density at radius 2 is 2.00 bits per heavy atom. The molecule has 2 aliphatic rings. The Morgan fingerprint density at radius 1 is 1.17 bits per heavy atom. The van der Waals surface area contributed by atoms with Crippen molar-refractivity contribution in [3.8, 4) is 0 Å². The second kappa shape index (κ2) is 9.47. The van der Waals surface area contributed by atoms with Gasteiger partial charge in [0.25, 0.3) is 5.91 Å². The molecule has 2 aromatic heterocycles. The largest absolute Gasteiger partial charge is 0.355 e. The molecular weight excluding hydrogens is 466 g/mol. The number of benzene rings is 1. The number of carbonyl (C=O) groups excluding carboxylic acids is 2. The van der Waals surface area contributed by atoms with Crippen LogP contribution in [0.3, 0.4) is 0 Å². The third-order valence-electron chi connectivity index (χ3n) is 6.78. The Morgan fingerprint density at radius 3 is 2.74 bits per heavy atom. The molecule has 2 fully saturated rings. The molecule has 2 saturated heterocycles. The van der Waals surface area contributed by atoms with E-state index in [2.05, 4.69) is 10.2 Å². The van der Waals surface area contributed by atoms with Gasteiger partial charge in [0.2, 0.25) is 5.91 Å². The molecule has 5 rings (SSSR count). The topological polar surface area (TPSA) is 109 Å². The van der Waals surface area contributed by atoms with Gasteiger partial charge < -0.3 is 20.9 Å². The van der Waals surface area contributed by atoms with E-state index in [1.54, 1.807) is 22.7 Å². The lowest BCUT2D eigenvalue weighted by Gasteiger charge is -2.35. The highest BCUT2D eigenvalue weighted by atomic mass is 35.5. The summed E-state index contributed by atoms with van der Waals surface area (Å²) in [7, 11) is 0. The lowest BCUT2D eigenvalue weighted by atomic mass is 9.98. The third kappa shape index (κ3) is 4.70. The van der Waals surface area contributed by atoms with Crippen molar-refractivity contribution < 1.29 is 9.59 Å². The van der Waals surface area contributed by atoms with Crippen LogP contribution in [0.15, 0.2) is 30.5 Å². The molecule has 1 aromatic carbocycles. The van der Waals surface area contributed by atoms with Crippen molar-refractivity contribution in [2.24, 2.45) is 5.73 Å². The molecule has 2 aliphatic heterocycles. The molecule has 0 bridgehead atoms. The average molecular weight is 496 g/mol. The highest BCUT2D eigenvalue weighted by Crippen LogP contribution is 2.34. The molecule has 2 atom stereocenters. The first-order valence-electron chi connectivity index (χ1n) is 12.1. The number of aromatic nitrogens is 3. The minimum atomic E-state index is -0.242. The normalized spacial score (nSPS) is 20.5. The van der Waals surface area contributed by atoms with E-state index in [4.69, 9.17) is 27.4 Å². The molecule has 10 heteroatoms. The maximum atomic E-state index is 13.7. The molecule has 4 heterocycles. The van der Waals surface area contributed by atoms with E-state index in [1.807, 2.05) is 24.1 Å². The number of halogens is 1. The second-order valence-corrected chi connectivity index (χ2v) is 9.93. The Hall–Kier alpha value is -3.17. The maximum Gasteiger partial charge on any atom is 0.256 e. The molecule has 9 nitrogen and oxygen atoms in total. The molecule has 3 N–H and O–H groups in total. The number of hydrogen-bond donors (Lipinski definition) is 2. The molecule has 0 spiro atoms. The highest BCUT2D eigenvalue weighted by molar-refractivity contribution is 6.31. The first kappa shape index (κ1) is 23.6. The number of rotatable bonds is 4. The summed E-state index contributed by atoms with van der Waals surface area (Å²) < 4.78 is 1.80. The molecule has 35 heavy (non-hydrogen) atoms. The van der Waals surface area contributed by atoms with Gasteiger partial charge in [0.05, 0.1) is 23.0 Å². The molecule has 184 valence electrons. The monoisotopic (exact) mass is 495 g/mol. The predicted octanol–water partition coefficient (Wildman–Crippen LogP) is 3.55. The van der Waals surface area contributed by atoms with Crippen LogP contribution in [0.5, 0.6) is 0 Å². The minimum absolute atomic E-state index is 0.170. The fraction of sp³-hybridized carbons (Fsp3) is 0.440. The number of nitrogens with one attached hydrogen (secondary N) is 1. The van der Waals surface area contributed by atoms with E-state index in [1.165, 1.54) is 6.92 Å². The van der Waals surface area contributed by atoms with E-state index >= 15 is 0 Å². The van der Waals surface area contributed by atoms with E-state index < -0.39 is 0 Å². The third-order valence-corrected chi connectivity index (χ3v) is 7.01. The van der Waals surface area contributed by atoms with Crippen LogP contribution < -0.4 is 16.0 Å². The Labute approximate surface area is 209 Å². The minimum Gasteiger partial charge on any atom is -0.355 e. The highest BCUT2D eigenvalue weighted by Gasteiger charge is 2.32. The van der Waals surface area contributed by atoms with Crippen LogP contribution in [0.4, 0.5) is 11.5 Å². The van der Waals surface area contributed by atoms with Crippen molar-refractivity contribution in [3.05, 3.63) is 52.3 Å². The lowest BCUT2D eigenvalue weighted by molar-refractivity contribution is -0.114. The number of piperidine rings is 1. The van der Waals surface area contributed by atoms with E-state index in [-0.39, 0.29) is 23.9 Å². The number of likely N-dealkylation sites (tertiary alicyclic amines) is 1. The molecule has 0 unspecified atom stereocenters. The van der Waals surface area contributed by atoms with Crippen molar-refractivity contribution in [2.75, 3.05) is 29.9 Å². The van der Waals surface area contributed by atoms with E-state index in [0.29, 0.717) is 22.8 Å². The smallest absolute Gasteiger partial charge is 0.256 e. The van der Waals surface area contributed by atoms with Gasteiger partial charge in [-0.25, -0.2) is 9.50 Å². The van der Waals surface area contributed by atoms with Crippen molar-refractivity contribution in [2.45, 2.75) is 51.6 Å². The van der Waals surface area contributed by atoms with Gasteiger partial charge in [-0.1, -0.05) is 11.6 Å². The number of nitrogens with two attached hydrogens (primary N) is 1. The van der Waals surface area contributed by atoms with Crippen molar-refractivity contribution in [1.82, 2.24) is 19.5 Å². The summed E-state index contributed by atoms with van der Waals surface area (Å²) in [5, 5.41) is 8.01. The summed E-state index contributed by atoms with van der Waals surface area (Å²) in [5.41, 5.74) is 9.54. The Bertz CT molecular complexity index is 1290. The summed E-state index contributed by atoms with van der Waals surface area (Å²) in [6, 6.07) is 6.90. The van der Waals surface area contributed by atoms with Crippen LogP contribution in [0, 0.1) is 6.92 Å². The number of fused-ring (bicyclic) bond motifs is 1. The van der Waals surface area contributed by atoms with Crippen molar-refractivity contribution in [3.63, 3.8) is 0 Å². The number of nitrogens with zero attached hydrogens (tertiary/aromatic N) is 5. The molecule has 0 aliphatic carbocycles. The number of hydrogen-bond acceptors (Lipinski definition) is 6. The van der Waals surface area contributed by atoms with Crippen LogP contribution in [0.25, 0.3) is 5.65 Å². The van der Waals surface area contributed by atoms with Gasteiger partial charge in [-0.15, -0.1) is 0 Å². The van der Waals surface area contributed by atoms with Crippen LogP contribution in [-0.2, 0) is 4.79 Å². The molecule has 0 saturated carbocycles. The standard InChI is InChI=1S/C25H30ClN7O2/c1-15-13-33-23(29-24(15)31-10-8-18(27)14-31)12-21(30-33)22-5-3-4-9-32(22)25(35)19-11-17(26)6-7-20(19)28-16(2)34/h6-7,11-13,18,22H,3-5,8-10,14,27H2,1-2H3,(H,28,34)/t18-,22-/m0/s1. The number of carbonyl (C=O) groups is 2. The first-order valence-corrected chi connectivity index (χ1v) is 12.4. The zero-order chi connectivity index (χ0) is 24.7. The number of amides is 2. The van der Waals surface area contributed by atoms with Gasteiger partial charge in [-0.3, -0.25) is 9.59 Å². The predicted molar refractivity (Wildman–Crippen MR) is 136 cm³/mol. The zero-order valence-electron chi connectivity index (χ0n) is 20.0. The second-order valence-electron chi connectivity index (χ2n) is 9.50. The lowest BCUT2D eigenvalue weighted by Crippen LogP contribution is -2.39. The first-order chi connectivity index (χ1) is 16.8. The molecular formula is C25H30ClN7O2. The maximum absolute atomic E-state index is 13.7. The number of anilines is 2. The Kier molecular flexibility index (Phi) is 6.37. The summed E-state index contributed by atoms with van der Waals surface area (Å²) in [6.45, 7) is 5.75. The molecule has 2 amide bonds. The van der Waals surface area contributed by atoms with Crippen LogP contribution in [0.2, 0.25) is 5.02 Å². The quantitative estimate of drug-likeness (QED) is 0.573. The van der Waals surface area contributed by atoms with Gasteiger partial charge in [-0.2, -0.15) is 5.10 Å². The van der Waals surface area contributed by atoms with Crippen molar-refractivity contribution >= 4 is 40.6 Å². The van der Waals surface area contributed by atoms with E-state index in [0.717, 1.165) is 61.5 Å². The Balaban J connectivity index is 1.48. The van der Waals surface area contributed by atoms with Crippen LogP contribution >= 0.6 is 11.6 Å². The van der Waals surface area contributed by atoms with Crippen molar-refractivity contribution in [1.29, 1.82) is 0 Å². The van der Waals surface area contributed by atoms with Crippen LogP contribution in [0.1, 0.15) is 60.3 Å². The number of aryl methyl sites for hydroxylation is 1.